The average molecular weight is 270 g/mol. The highest BCUT2D eigenvalue weighted by Crippen LogP contribution is 2.23. The molecular formula is C14H18N6. The summed E-state index contributed by atoms with van der Waals surface area (Å²) in [5, 5.41) is 12.4. The van der Waals surface area contributed by atoms with Gasteiger partial charge in [-0.05, 0) is 18.1 Å². The van der Waals surface area contributed by atoms with Crippen LogP contribution in [-0.2, 0) is 13.5 Å². The van der Waals surface area contributed by atoms with Gasteiger partial charge < -0.3 is 16.0 Å². The molecule has 4 N–H and O–H groups in total. The normalized spacial score (nSPS) is 12.8. The second kappa shape index (κ2) is 4.97. The molecule has 0 saturated carbocycles. The third kappa shape index (κ3) is 2.04. The van der Waals surface area contributed by atoms with E-state index < -0.39 is 0 Å². The number of aromatic nitrogens is 4. The quantitative estimate of drug-likeness (QED) is 0.672. The molecule has 3 rings (SSSR count). The molecule has 0 aliphatic rings. The van der Waals surface area contributed by atoms with Gasteiger partial charge in [0, 0.05) is 31.2 Å². The van der Waals surface area contributed by atoms with Crippen molar-refractivity contribution in [2.45, 2.75) is 12.5 Å². The molecule has 2 heterocycles. The van der Waals surface area contributed by atoms with E-state index in [0.717, 1.165) is 23.7 Å². The highest BCUT2D eigenvalue weighted by atomic mass is 15.3. The summed E-state index contributed by atoms with van der Waals surface area (Å²) in [6, 6.07) is 8.03. The standard InChI is InChI=1S/C14H18N6/c1-16-14-19-18-13(20(14)2)11(15)7-9-8-17-12-6-4-3-5-10(9)12/h3-6,8,11,17H,7,15H2,1-2H3,(H,16,19)/t11-/m1/s1. The SMILES string of the molecule is CNc1nnc([C@H](N)Cc2c[nH]c3ccccc23)n1C. The lowest BCUT2D eigenvalue weighted by molar-refractivity contribution is 0.633. The lowest BCUT2D eigenvalue weighted by Crippen LogP contribution is -2.18. The number of nitrogens with zero attached hydrogens (tertiary/aromatic N) is 3. The first kappa shape index (κ1) is 12.7. The number of rotatable bonds is 4. The lowest BCUT2D eigenvalue weighted by atomic mass is 10.1. The Balaban J connectivity index is 1.88. The fourth-order valence-corrected chi connectivity index (χ4v) is 2.51. The van der Waals surface area contributed by atoms with Crippen LogP contribution in [0.4, 0.5) is 5.95 Å². The zero-order valence-corrected chi connectivity index (χ0v) is 11.6. The Morgan fingerprint density at radius 2 is 2.15 bits per heavy atom. The van der Waals surface area contributed by atoms with Crippen LogP contribution in [0.2, 0.25) is 0 Å². The van der Waals surface area contributed by atoms with Gasteiger partial charge >= 0.3 is 0 Å². The molecule has 0 saturated heterocycles. The number of hydrogen-bond acceptors (Lipinski definition) is 4. The van der Waals surface area contributed by atoms with Crippen molar-refractivity contribution in [1.29, 1.82) is 0 Å². The minimum absolute atomic E-state index is 0.186. The highest BCUT2D eigenvalue weighted by Gasteiger charge is 2.17. The molecule has 2 aromatic heterocycles. The Bertz CT molecular complexity index is 726. The maximum absolute atomic E-state index is 6.28. The molecule has 0 unspecified atom stereocenters. The number of fused-ring (bicyclic) bond motifs is 1. The first-order valence-electron chi connectivity index (χ1n) is 6.58. The Kier molecular flexibility index (Phi) is 3.15. The Morgan fingerprint density at radius 3 is 2.90 bits per heavy atom. The predicted octanol–water partition coefficient (Wildman–Crippen LogP) is 1.58. The van der Waals surface area contributed by atoms with Crippen molar-refractivity contribution in [1.82, 2.24) is 19.7 Å². The molecule has 104 valence electrons. The highest BCUT2D eigenvalue weighted by molar-refractivity contribution is 5.83. The van der Waals surface area contributed by atoms with Gasteiger partial charge in [0.15, 0.2) is 5.82 Å². The van der Waals surface area contributed by atoms with E-state index in [-0.39, 0.29) is 6.04 Å². The largest absolute Gasteiger partial charge is 0.361 e. The van der Waals surface area contributed by atoms with E-state index in [1.54, 1.807) is 0 Å². The van der Waals surface area contributed by atoms with E-state index in [9.17, 15) is 0 Å². The van der Waals surface area contributed by atoms with E-state index in [1.165, 1.54) is 10.9 Å². The summed E-state index contributed by atoms with van der Waals surface area (Å²) in [5.41, 5.74) is 8.61. The third-order valence-electron chi connectivity index (χ3n) is 3.58. The van der Waals surface area contributed by atoms with Crippen molar-refractivity contribution < 1.29 is 0 Å². The number of nitrogens with two attached hydrogens (primary N) is 1. The minimum atomic E-state index is -0.186. The van der Waals surface area contributed by atoms with Gasteiger partial charge in [-0.15, -0.1) is 10.2 Å². The summed E-state index contributed by atoms with van der Waals surface area (Å²) >= 11 is 0. The van der Waals surface area contributed by atoms with Crippen molar-refractivity contribution in [2.24, 2.45) is 12.8 Å². The number of hydrogen-bond donors (Lipinski definition) is 3. The summed E-state index contributed by atoms with van der Waals surface area (Å²) in [4.78, 5) is 3.27. The maximum Gasteiger partial charge on any atom is 0.224 e. The summed E-state index contributed by atoms with van der Waals surface area (Å²) in [6.45, 7) is 0. The molecule has 3 aromatic rings. The summed E-state index contributed by atoms with van der Waals surface area (Å²) in [7, 11) is 3.73. The molecule has 0 aliphatic carbocycles. The fourth-order valence-electron chi connectivity index (χ4n) is 2.51. The monoisotopic (exact) mass is 270 g/mol. The molecule has 0 amide bonds. The van der Waals surface area contributed by atoms with E-state index >= 15 is 0 Å². The Labute approximate surface area is 117 Å². The van der Waals surface area contributed by atoms with E-state index in [0.29, 0.717) is 0 Å². The van der Waals surface area contributed by atoms with Crippen molar-refractivity contribution in [3.63, 3.8) is 0 Å². The Morgan fingerprint density at radius 1 is 1.35 bits per heavy atom. The van der Waals surface area contributed by atoms with Crippen LogP contribution in [-0.4, -0.2) is 26.8 Å². The second-order valence-corrected chi connectivity index (χ2v) is 4.86. The van der Waals surface area contributed by atoms with E-state index in [2.05, 4.69) is 32.6 Å². The predicted molar refractivity (Wildman–Crippen MR) is 79.5 cm³/mol. The van der Waals surface area contributed by atoms with Crippen LogP contribution in [0.5, 0.6) is 0 Å². The van der Waals surface area contributed by atoms with Crippen LogP contribution >= 0.6 is 0 Å². The smallest absolute Gasteiger partial charge is 0.224 e. The molecule has 6 nitrogen and oxygen atoms in total. The van der Waals surface area contributed by atoms with Gasteiger partial charge in [0.1, 0.15) is 0 Å². The van der Waals surface area contributed by atoms with Gasteiger partial charge in [0.25, 0.3) is 0 Å². The molecule has 0 aliphatic heterocycles. The van der Waals surface area contributed by atoms with Crippen LogP contribution in [0.15, 0.2) is 30.5 Å². The Hall–Kier alpha value is -2.34. The van der Waals surface area contributed by atoms with Gasteiger partial charge in [0.2, 0.25) is 5.95 Å². The zero-order chi connectivity index (χ0) is 14.1. The number of para-hydroxylation sites is 1. The molecule has 0 radical (unpaired) electrons. The van der Waals surface area contributed by atoms with Crippen LogP contribution < -0.4 is 11.1 Å². The maximum atomic E-state index is 6.28. The van der Waals surface area contributed by atoms with Crippen molar-refractivity contribution >= 4 is 16.9 Å². The van der Waals surface area contributed by atoms with Crippen molar-refractivity contribution in [3.8, 4) is 0 Å². The number of aromatic amines is 1. The molecule has 0 fully saturated rings. The lowest BCUT2D eigenvalue weighted by Gasteiger charge is -2.10. The fraction of sp³-hybridized carbons (Fsp3) is 0.286. The number of anilines is 1. The van der Waals surface area contributed by atoms with Gasteiger partial charge in [-0.25, -0.2) is 0 Å². The van der Waals surface area contributed by atoms with Crippen LogP contribution in [0.25, 0.3) is 10.9 Å². The first-order chi connectivity index (χ1) is 9.70. The van der Waals surface area contributed by atoms with Gasteiger partial charge in [-0.3, -0.25) is 4.57 Å². The minimum Gasteiger partial charge on any atom is -0.361 e. The van der Waals surface area contributed by atoms with Crippen LogP contribution in [0, 0.1) is 0 Å². The molecular weight excluding hydrogens is 252 g/mol. The number of H-pyrrole nitrogens is 1. The molecule has 6 heteroatoms. The van der Waals surface area contributed by atoms with Gasteiger partial charge in [-0.2, -0.15) is 0 Å². The van der Waals surface area contributed by atoms with E-state index in [1.807, 2.05) is 37.0 Å². The first-order valence-corrected chi connectivity index (χ1v) is 6.58. The molecule has 0 spiro atoms. The molecule has 1 atom stereocenters. The summed E-state index contributed by atoms with van der Waals surface area (Å²) in [6.07, 6.45) is 2.74. The topological polar surface area (TPSA) is 84.6 Å². The van der Waals surface area contributed by atoms with E-state index in [4.69, 9.17) is 5.73 Å². The van der Waals surface area contributed by atoms with Crippen molar-refractivity contribution in [3.05, 3.63) is 41.9 Å². The summed E-state index contributed by atoms with van der Waals surface area (Å²) in [5.74, 6) is 1.49. The van der Waals surface area contributed by atoms with Gasteiger partial charge in [0.05, 0.1) is 6.04 Å². The molecule has 20 heavy (non-hydrogen) atoms. The number of benzene rings is 1. The molecule has 0 bridgehead atoms. The molecule has 1 aromatic carbocycles. The average Bonchev–Trinajstić information content (AvgIpc) is 3.03. The van der Waals surface area contributed by atoms with Gasteiger partial charge in [-0.1, -0.05) is 18.2 Å². The third-order valence-corrected chi connectivity index (χ3v) is 3.58. The second-order valence-electron chi connectivity index (χ2n) is 4.86. The van der Waals surface area contributed by atoms with Crippen molar-refractivity contribution in [2.75, 3.05) is 12.4 Å². The number of nitrogens with one attached hydrogen (secondary N) is 2. The summed E-state index contributed by atoms with van der Waals surface area (Å²) < 4.78 is 1.89. The van der Waals surface area contributed by atoms with Crippen LogP contribution in [0.1, 0.15) is 17.4 Å². The zero-order valence-electron chi connectivity index (χ0n) is 11.6. The van der Waals surface area contributed by atoms with Crippen LogP contribution in [0.3, 0.4) is 0 Å².